The van der Waals surface area contributed by atoms with E-state index in [1.54, 1.807) is 0 Å². The first-order valence-electron chi connectivity index (χ1n) is 3.74. The molecule has 1 rings (SSSR count). The average Bonchev–Trinajstić information content (AvgIpc) is 2.18. The summed E-state index contributed by atoms with van der Waals surface area (Å²) in [6.07, 6.45) is 3.19. The fraction of sp³-hybridized carbons (Fsp3) is 0.625. The monoisotopic (exact) mass is 170 g/mol. The van der Waals surface area contributed by atoms with Crippen molar-refractivity contribution in [1.82, 2.24) is 9.80 Å². The van der Waals surface area contributed by atoms with Crippen LogP contribution in [0.5, 0.6) is 0 Å². The maximum atomic E-state index is 5.21. The Balaban J connectivity index is 2.69. The smallest absolute Gasteiger partial charge is 0.106 e. The molecule has 0 saturated carbocycles. The topological polar surface area (TPSA) is 6.48 Å². The fourth-order valence-electron chi connectivity index (χ4n) is 1.17. The third-order valence-electron chi connectivity index (χ3n) is 1.75. The summed E-state index contributed by atoms with van der Waals surface area (Å²) >= 11 is 5.21. The molecule has 1 saturated heterocycles. The number of rotatable bonds is 1. The van der Waals surface area contributed by atoms with Crippen LogP contribution in [0.1, 0.15) is 6.42 Å². The van der Waals surface area contributed by atoms with Crippen LogP contribution in [-0.4, -0.2) is 42.5 Å². The van der Waals surface area contributed by atoms with Gasteiger partial charge >= 0.3 is 0 Å². The van der Waals surface area contributed by atoms with Crippen LogP contribution in [0.2, 0.25) is 0 Å². The second-order valence-electron chi connectivity index (χ2n) is 3.09. The number of likely N-dealkylation sites (N-methyl/N-ethyl adjacent to an activating group) is 1. The molecule has 0 radical (unpaired) electrons. The van der Waals surface area contributed by atoms with Gasteiger partial charge in [0.2, 0.25) is 0 Å². The van der Waals surface area contributed by atoms with Crippen molar-refractivity contribution in [1.29, 1.82) is 0 Å². The number of nitrogens with zero attached hydrogens (tertiary/aromatic N) is 2. The van der Waals surface area contributed by atoms with Gasteiger partial charge in [-0.05, 0) is 6.42 Å². The molecule has 0 unspecified atom stereocenters. The van der Waals surface area contributed by atoms with Crippen molar-refractivity contribution in [2.75, 3.05) is 27.7 Å². The quantitative estimate of drug-likeness (QED) is 0.430. The molecule has 0 bridgehead atoms. The van der Waals surface area contributed by atoms with Crippen molar-refractivity contribution in [3.05, 3.63) is 11.8 Å². The van der Waals surface area contributed by atoms with Crippen LogP contribution in [0.25, 0.3) is 0 Å². The van der Waals surface area contributed by atoms with Crippen molar-refractivity contribution in [2.24, 2.45) is 0 Å². The normalized spacial score (nSPS) is 21.5. The first-order chi connectivity index (χ1) is 5.11. The molecule has 1 aliphatic rings. The van der Waals surface area contributed by atoms with Gasteiger partial charge in [0.15, 0.2) is 0 Å². The molecule has 0 aromatic rings. The van der Waals surface area contributed by atoms with E-state index in [0.29, 0.717) is 0 Å². The van der Waals surface area contributed by atoms with E-state index in [0.717, 1.165) is 18.0 Å². The van der Waals surface area contributed by atoms with Crippen LogP contribution >= 0.6 is 12.2 Å². The molecule has 11 heavy (non-hydrogen) atoms. The molecule has 0 aliphatic carbocycles. The van der Waals surface area contributed by atoms with E-state index in [1.165, 1.54) is 5.57 Å². The lowest BCUT2D eigenvalue weighted by Crippen LogP contribution is -2.17. The molecule has 1 heterocycles. The third-order valence-corrected chi connectivity index (χ3v) is 2.33. The van der Waals surface area contributed by atoms with Crippen molar-refractivity contribution in [2.45, 2.75) is 6.42 Å². The Hall–Kier alpha value is -0.570. The molecule has 0 N–H and O–H groups in total. The lowest BCUT2D eigenvalue weighted by Gasteiger charge is -2.10. The second-order valence-corrected chi connectivity index (χ2v) is 3.48. The van der Waals surface area contributed by atoms with Gasteiger partial charge in [0.25, 0.3) is 0 Å². The molecule has 0 aromatic heterocycles. The minimum absolute atomic E-state index is 0.999. The van der Waals surface area contributed by atoms with Crippen molar-refractivity contribution >= 4 is 17.2 Å². The zero-order chi connectivity index (χ0) is 8.43. The highest BCUT2D eigenvalue weighted by Crippen LogP contribution is 2.16. The first-order valence-corrected chi connectivity index (χ1v) is 4.14. The van der Waals surface area contributed by atoms with Crippen LogP contribution < -0.4 is 0 Å². The van der Waals surface area contributed by atoms with Gasteiger partial charge in [-0.3, -0.25) is 0 Å². The summed E-state index contributed by atoms with van der Waals surface area (Å²) in [4.78, 5) is 5.16. The lowest BCUT2D eigenvalue weighted by molar-refractivity contribution is 0.553. The Morgan fingerprint density at radius 1 is 1.55 bits per heavy atom. The number of likely N-dealkylation sites (tertiary alicyclic amines) is 1. The third kappa shape index (κ3) is 1.93. The maximum absolute atomic E-state index is 5.21. The minimum atomic E-state index is 0.999. The molecule has 62 valence electrons. The molecule has 0 atom stereocenters. The molecule has 3 heteroatoms. The van der Waals surface area contributed by atoms with Crippen LogP contribution in [0.3, 0.4) is 0 Å². The van der Waals surface area contributed by atoms with Gasteiger partial charge in [-0.15, -0.1) is 0 Å². The summed E-state index contributed by atoms with van der Waals surface area (Å²) in [5.41, 5.74) is 1.28. The van der Waals surface area contributed by atoms with E-state index < -0.39 is 0 Å². The van der Waals surface area contributed by atoms with Crippen LogP contribution in [0, 0.1) is 0 Å². The Morgan fingerprint density at radius 2 is 2.18 bits per heavy atom. The standard InChI is InChI=1S/C8H14N2S/c1-9(2)6-7-4-5-10(3)8(7)11/h6H,4-5H2,1-3H3/b7-6-. The number of thiocarbonyl (C=S) groups is 1. The first kappa shape index (κ1) is 8.53. The summed E-state index contributed by atoms with van der Waals surface area (Å²) in [5, 5.41) is 0. The Bertz CT molecular complexity index is 196. The molecular weight excluding hydrogens is 156 g/mol. The maximum Gasteiger partial charge on any atom is 0.106 e. The van der Waals surface area contributed by atoms with Crippen LogP contribution in [-0.2, 0) is 0 Å². The minimum Gasteiger partial charge on any atom is -0.383 e. The molecule has 1 aliphatic heterocycles. The predicted molar refractivity (Wildman–Crippen MR) is 51.6 cm³/mol. The van der Waals surface area contributed by atoms with E-state index in [2.05, 4.69) is 11.1 Å². The summed E-state index contributed by atoms with van der Waals surface area (Å²) in [6, 6.07) is 0. The van der Waals surface area contributed by atoms with Crippen molar-refractivity contribution < 1.29 is 0 Å². The summed E-state index contributed by atoms with van der Waals surface area (Å²) in [5.74, 6) is 0. The zero-order valence-electron chi connectivity index (χ0n) is 7.29. The van der Waals surface area contributed by atoms with Crippen molar-refractivity contribution in [3.8, 4) is 0 Å². The highest BCUT2D eigenvalue weighted by molar-refractivity contribution is 7.80. The van der Waals surface area contributed by atoms with Gasteiger partial charge in [0.1, 0.15) is 4.99 Å². The van der Waals surface area contributed by atoms with E-state index in [4.69, 9.17) is 12.2 Å². The summed E-state index contributed by atoms with van der Waals surface area (Å²) in [6.45, 7) is 1.07. The Kier molecular flexibility index (Phi) is 2.49. The van der Waals surface area contributed by atoms with Gasteiger partial charge in [0.05, 0.1) is 0 Å². The van der Waals surface area contributed by atoms with Crippen molar-refractivity contribution in [3.63, 3.8) is 0 Å². The lowest BCUT2D eigenvalue weighted by atomic mass is 10.2. The molecule has 0 amide bonds. The SMILES string of the molecule is CN(C)/C=C1/CCN(C)C1=S. The average molecular weight is 170 g/mol. The Morgan fingerprint density at radius 3 is 2.55 bits per heavy atom. The van der Waals surface area contributed by atoms with Crippen LogP contribution in [0.4, 0.5) is 0 Å². The second kappa shape index (κ2) is 3.22. The molecule has 2 nitrogen and oxygen atoms in total. The van der Waals surface area contributed by atoms with E-state index in [-0.39, 0.29) is 0 Å². The fourth-order valence-corrected chi connectivity index (χ4v) is 1.42. The van der Waals surface area contributed by atoms with Gasteiger partial charge in [-0.25, -0.2) is 0 Å². The van der Waals surface area contributed by atoms with Gasteiger partial charge < -0.3 is 9.80 Å². The van der Waals surface area contributed by atoms with Gasteiger partial charge in [0, 0.05) is 39.5 Å². The predicted octanol–water partition coefficient (Wildman–Crippen LogP) is 1.09. The molecule has 0 aromatic carbocycles. The van der Waals surface area contributed by atoms with Gasteiger partial charge in [-0.1, -0.05) is 12.2 Å². The van der Waals surface area contributed by atoms with E-state index >= 15 is 0 Å². The Labute approximate surface area is 73.5 Å². The number of hydrogen-bond donors (Lipinski definition) is 0. The summed E-state index contributed by atoms with van der Waals surface area (Å²) < 4.78 is 0. The zero-order valence-corrected chi connectivity index (χ0v) is 8.11. The molecule has 0 spiro atoms. The van der Waals surface area contributed by atoms with E-state index in [9.17, 15) is 0 Å². The van der Waals surface area contributed by atoms with Crippen LogP contribution in [0.15, 0.2) is 11.8 Å². The number of hydrogen-bond acceptors (Lipinski definition) is 2. The summed E-state index contributed by atoms with van der Waals surface area (Å²) in [7, 11) is 6.08. The highest BCUT2D eigenvalue weighted by atomic mass is 32.1. The largest absolute Gasteiger partial charge is 0.383 e. The molecular formula is C8H14N2S. The molecule has 1 fully saturated rings. The van der Waals surface area contributed by atoms with E-state index in [1.807, 2.05) is 26.0 Å². The van der Waals surface area contributed by atoms with Gasteiger partial charge in [-0.2, -0.15) is 0 Å². The highest BCUT2D eigenvalue weighted by Gasteiger charge is 2.17.